The van der Waals surface area contributed by atoms with Crippen LogP contribution in [0.5, 0.6) is 28.7 Å². The van der Waals surface area contributed by atoms with Crippen molar-refractivity contribution in [3.8, 4) is 47.0 Å². The smallest absolute Gasteiger partial charge is 1.00 e. The maximum atomic E-state index is 15.2. The summed E-state index contributed by atoms with van der Waals surface area (Å²) < 4.78 is 148. The van der Waals surface area contributed by atoms with E-state index in [-0.39, 0.29) is 182 Å². The number of nitrogen functional groups attached to an aromatic ring is 5. The fourth-order valence-electron chi connectivity index (χ4n) is 15.7. The van der Waals surface area contributed by atoms with Crippen molar-refractivity contribution < 1.29 is 110 Å². The summed E-state index contributed by atoms with van der Waals surface area (Å²) in [4.78, 5) is 97.8. The number of carboxylic acids is 1. The Morgan fingerprint density at radius 1 is 0.407 bits per heavy atom. The number of nitriles is 3. The number of benzene rings is 5. The number of halogens is 8. The fraction of sp³-hybridized carbons (Fsp3) is 0.330. The Hall–Kier alpha value is -15.0. The number of fused-ring (bicyclic) bond motifs is 5. The van der Waals surface area contributed by atoms with Crippen molar-refractivity contribution in [2.24, 2.45) is 11.5 Å². The number of nitrogens with one attached hydrogen (secondary N) is 2. The molecule has 5 aliphatic carbocycles. The normalized spacial score (nSPS) is 13.0. The third-order valence-electron chi connectivity index (χ3n) is 23.1. The molecule has 1 amide bonds. The van der Waals surface area contributed by atoms with E-state index >= 15 is 8.78 Å². The number of carboxylic acid groups (broad SMARTS) is 1. The van der Waals surface area contributed by atoms with Gasteiger partial charge in [-0.15, -0.1) is 0 Å². The number of anilines is 7. The molecule has 0 atom stereocenters. The van der Waals surface area contributed by atoms with Crippen LogP contribution in [-0.4, -0.2) is 122 Å². The van der Waals surface area contributed by atoms with Crippen molar-refractivity contribution in [3.63, 3.8) is 0 Å². The number of rotatable bonds is 25. The number of methoxy groups -OCH3 is 5. The summed E-state index contributed by atoms with van der Waals surface area (Å²) in [5.74, 6) is -12.6. The van der Waals surface area contributed by atoms with Crippen LogP contribution < -0.4 is 131 Å². The molecular weight excluding hydrogens is 1840 g/mol. The van der Waals surface area contributed by atoms with Crippen LogP contribution in [0.2, 0.25) is 0 Å². The molecule has 13 aromatic rings. The Morgan fingerprint density at radius 3 is 0.900 bits per heavy atom. The number of primary amides is 1. The third kappa shape index (κ3) is 22.4. The molecule has 18 N–H and O–H groups in total. The summed E-state index contributed by atoms with van der Waals surface area (Å²) in [6.07, 6.45) is 25.3. The first-order valence-corrected chi connectivity index (χ1v) is 43.0. The standard InChI is InChI=1S/2C22H22FN5O2.C14H13F2N3O3.C14H11F2N3O2.C14H12F2N2O4.C8H12N2.CH4O.2CH4.Na.H/c2*1-30-22-19(27-10-4-6-14-5-2-3-9-26-14)17(23)18(25)16-20(22)28(15-7-8-15)12-13(11-24)21(16)29;1-22-13-9(16)8(15)10(17)7-11(13)19(5-2-3-5)4-6(12(7)20)14(18)21;1-21-14-10(16)9(15)11(18)8-12(14)19(7-2-3-7)5-6(4-17)13(8)20;1-22-13-9(16)8(15)10(17)7-11(13)18(5-2-3-5)4-6(12(7)19)14(20)21;9-6-3-5-8-4-1-2-7-10-8;1-2;;;;/h2*2-3,5,9,12,15,27H,4,6-8,10,25H2,1H3;4-5H,2-3,17H2,1H3,(H2,18,21);5,7H,2-3,18H2,1H3;4-5H,2-3,17H2,1H3,(H,20,21);1-2,4,7H,3,5-6,9H2;2H,1H3;2*1H4;;/q;;;;;;;;;+1;-1. The number of aliphatic hydroxyl groups excluding tert-OH is 1. The molecule has 18 rings (SSSR count). The van der Waals surface area contributed by atoms with Gasteiger partial charge in [0, 0.05) is 117 Å². The summed E-state index contributed by atoms with van der Waals surface area (Å²) in [6.45, 7) is 1.69. The number of aromatic nitrogens is 8. The maximum absolute atomic E-state index is 15.2. The van der Waals surface area contributed by atoms with Crippen molar-refractivity contribution in [3.05, 3.63) is 247 Å². The van der Waals surface area contributed by atoms with Crippen LogP contribution in [0.25, 0.3) is 54.5 Å². The quantitative estimate of drug-likeness (QED) is 0.0110. The van der Waals surface area contributed by atoms with Gasteiger partial charge < -0.3 is 109 Å². The molecule has 140 heavy (non-hydrogen) atoms. The average Bonchev–Trinajstić information content (AvgIpc) is 1.71. The Morgan fingerprint density at radius 2 is 0.657 bits per heavy atom. The minimum atomic E-state index is -1.45. The Balaban J connectivity index is 0.000000209. The van der Waals surface area contributed by atoms with Crippen LogP contribution in [0.1, 0.15) is 184 Å². The molecule has 0 spiro atoms. The molecule has 5 aliphatic rings. The largest absolute Gasteiger partial charge is 1.00 e. The topological polar surface area (TPSA) is 547 Å². The van der Waals surface area contributed by atoms with E-state index in [4.69, 9.17) is 79.3 Å². The van der Waals surface area contributed by atoms with Gasteiger partial charge in [0.1, 0.15) is 73.9 Å². The first-order chi connectivity index (χ1) is 65.8. The SMILES string of the molecule is C.C.CO.COc1c(F)c(F)c(N)c2c(=O)c(C#N)cn(C3CC3)c12.COc1c(F)c(F)c(N)c2c(=O)c(C(=O)O)cn(C3CC3)c12.COc1c(F)c(F)c(N)c2c(=O)c(C(N)=O)cn(C3CC3)c12.COc1c(NCCCc2ccccn2)c(F)c(N)c2c(=O)c(C#N)cn(C3CC3)c12.COc1c(NCCCc2ccccn2)c(F)c(N)c2c(=O)c(C#N)cn(C3CC3)c12.NCCCc1ccccn1.[H-].[Na+]. The fourth-order valence-corrected chi connectivity index (χ4v) is 15.7. The Bertz CT molecular complexity index is 7000. The Kier molecular flexibility index (Phi) is 36.7. The van der Waals surface area contributed by atoms with Crippen molar-refractivity contribution >= 4 is 106 Å². The van der Waals surface area contributed by atoms with E-state index in [1.165, 1.54) is 55.3 Å². The van der Waals surface area contributed by atoms with E-state index in [9.17, 15) is 70.4 Å². The van der Waals surface area contributed by atoms with E-state index in [1.807, 2.05) is 82.1 Å². The predicted molar refractivity (Wildman–Crippen MR) is 513 cm³/mol. The molecular formula is C97H105F8N20NaO14. The van der Waals surface area contributed by atoms with E-state index in [0.29, 0.717) is 24.1 Å². The number of hydrogen-bond acceptors (Lipinski definition) is 27. The number of amides is 1. The number of aryl methyl sites for hydroxylation is 3. The van der Waals surface area contributed by atoms with Gasteiger partial charge in [0.15, 0.2) is 57.8 Å². The van der Waals surface area contributed by atoms with Crippen LogP contribution in [0.15, 0.2) is 128 Å². The number of carbonyl (C=O) groups is 2. The van der Waals surface area contributed by atoms with Crippen LogP contribution in [0.4, 0.5) is 74.9 Å². The van der Waals surface area contributed by atoms with E-state index < -0.39 is 120 Å². The van der Waals surface area contributed by atoms with Gasteiger partial charge in [0.05, 0.1) is 102 Å². The van der Waals surface area contributed by atoms with Crippen LogP contribution >= 0.6 is 0 Å². The molecule has 734 valence electrons. The number of nitrogens with zero attached hydrogens (tertiary/aromatic N) is 11. The van der Waals surface area contributed by atoms with Gasteiger partial charge in [-0.1, -0.05) is 33.1 Å². The zero-order chi connectivity index (χ0) is 99.4. The maximum Gasteiger partial charge on any atom is 1.00 e. The van der Waals surface area contributed by atoms with Gasteiger partial charge in [0.25, 0.3) is 5.91 Å². The van der Waals surface area contributed by atoms with Crippen molar-refractivity contribution in [1.29, 1.82) is 15.8 Å². The second-order valence-corrected chi connectivity index (χ2v) is 32.1. The zero-order valence-electron chi connectivity index (χ0n) is 76.9. The predicted octanol–water partition coefficient (Wildman–Crippen LogP) is 11.0. The molecule has 5 aromatic carbocycles. The molecule has 8 aromatic heterocycles. The summed E-state index contributed by atoms with van der Waals surface area (Å²) in [5, 5.41) is 49.1. The number of aliphatic hydroxyl groups is 1. The molecule has 34 nitrogen and oxygen atoms in total. The molecule has 0 saturated heterocycles. The number of carbonyl (C=O) groups excluding carboxylic acids is 1. The van der Waals surface area contributed by atoms with Crippen molar-refractivity contribution in [2.45, 2.75) is 148 Å². The number of pyridine rings is 8. The second-order valence-electron chi connectivity index (χ2n) is 32.1. The molecule has 43 heteroatoms. The van der Waals surface area contributed by atoms with Crippen molar-refractivity contribution in [1.82, 2.24) is 37.8 Å². The summed E-state index contributed by atoms with van der Waals surface area (Å²) >= 11 is 0. The molecule has 0 aliphatic heterocycles. The van der Waals surface area contributed by atoms with E-state index in [0.717, 1.165) is 154 Å². The third-order valence-corrected chi connectivity index (χ3v) is 23.1. The monoisotopic (exact) mass is 1950 g/mol. The van der Waals surface area contributed by atoms with E-state index in [1.54, 1.807) is 23.0 Å². The summed E-state index contributed by atoms with van der Waals surface area (Å²) in [7, 11) is 7.36. The summed E-state index contributed by atoms with van der Waals surface area (Å²) in [5.41, 5.74) is 36.2. The first-order valence-electron chi connectivity index (χ1n) is 43.0. The minimum absolute atomic E-state index is 0. The first kappa shape index (κ1) is 109. The number of ether oxygens (including phenoxy) is 5. The molecule has 0 bridgehead atoms. The number of nitrogens with two attached hydrogens (primary N) is 7. The van der Waals surface area contributed by atoms with Crippen LogP contribution in [-0.2, 0) is 19.3 Å². The number of hydrogen-bond donors (Lipinski definition) is 11. The van der Waals surface area contributed by atoms with E-state index in [2.05, 4.69) is 25.6 Å². The minimum Gasteiger partial charge on any atom is -1.00 e. The molecule has 5 saturated carbocycles. The van der Waals surface area contributed by atoms with Gasteiger partial charge in [-0.2, -0.15) is 29.0 Å². The second kappa shape index (κ2) is 47.4. The Labute approximate surface area is 819 Å². The molecule has 0 radical (unpaired) electrons. The molecule has 8 heterocycles. The van der Waals surface area contributed by atoms with Crippen LogP contribution in [0, 0.1) is 80.5 Å². The molecule has 0 unspecified atom stereocenters. The summed E-state index contributed by atoms with van der Waals surface area (Å²) in [6, 6.07) is 23.1. The van der Waals surface area contributed by atoms with Gasteiger partial charge in [-0.05, 0) is 146 Å². The van der Waals surface area contributed by atoms with Gasteiger partial charge >= 0.3 is 35.5 Å². The van der Waals surface area contributed by atoms with Crippen LogP contribution in [0.3, 0.4) is 0 Å². The number of aromatic carboxylic acids is 1. The molecule has 5 fully saturated rings. The van der Waals surface area contributed by atoms with Gasteiger partial charge in [0.2, 0.25) is 44.6 Å². The van der Waals surface area contributed by atoms with Crippen molar-refractivity contribution in [2.75, 3.05) is 102 Å². The van der Waals surface area contributed by atoms with Gasteiger partial charge in [-0.25, -0.2) is 26.7 Å². The van der Waals surface area contributed by atoms with Gasteiger partial charge in [-0.3, -0.25) is 43.7 Å². The zero-order valence-corrected chi connectivity index (χ0v) is 77.9. The average molecular weight is 1950 g/mol.